The Bertz CT molecular complexity index is 576. The van der Waals surface area contributed by atoms with Crippen molar-refractivity contribution in [3.8, 4) is 5.75 Å². The smallest absolute Gasteiger partial charge is 0.124 e. The first-order chi connectivity index (χ1) is 9.40. The van der Waals surface area contributed by atoms with E-state index in [-0.39, 0.29) is 6.04 Å². The quantitative estimate of drug-likeness (QED) is 0.824. The molecule has 2 aromatic rings. The van der Waals surface area contributed by atoms with Gasteiger partial charge in [0.05, 0.1) is 18.1 Å². The van der Waals surface area contributed by atoms with E-state index in [1.807, 2.05) is 18.2 Å². The van der Waals surface area contributed by atoms with Crippen molar-refractivity contribution in [2.24, 2.45) is 0 Å². The zero-order valence-corrected chi connectivity index (χ0v) is 10.7. The highest BCUT2D eigenvalue weighted by molar-refractivity contribution is 5.42. The molecule has 4 nitrogen and oxygen atoms in total. The summed E-state index contributed by atoms with van der Waals surface area (Å²) >= 11 is 0. The Morgan fingerprint density at radius 3 is 3.21 bits per heavy atom. The van der Waals surface area contributed by atoms with E-state index in [0.717, 1.165) is 30.0 Å². The molecule has 0 saturated carbocycles. The van der Waals surface area contributed by atoms with Gasteiger partial charge in [0, 0.05) is 24.2 Å². The lowest BCUT2D eigenvalue weighted by molar-refractivity contribution is 0.354. The number of fused-ring (bicyclic) bond motifs is 1. The Morgan fingerprint density at radius 2 is 2.32 bits per heavy atom. The molecule has 3 rings (SSSR count). The number of aromatic nitrogens is 2. The molecule has 98 valence electrons. The van der Waals surface area contributed by atoms with Crippen LogP contribution in [0, 0.1) is 0 Å². The van der Waals surface area contributed by atoms with E-state index in [4.69, 9.17) is 4.74 Å². The average molecular weight is 255 g/mol. The fourth-order valence-electron chi connectivity index (χ4n) is 2.48. The first-order valence-corrected chi connectivity index (χ1v) is 6.48. The topological polar surface area (TPSA) is 49.9 Å². The van der Waals surface area contributed by atoms with Gasteiger partial charge in [0.15, 0.2) is 0 Å². The van der Waals surface area contributed by atoms with E-state index in [1.165, 1.54) is 5.69 Å². The van der Waals surface area contributed by atoms with Gasteiger partial charge >= 0.3 is 0 Å². The lowest BCUT2D eigenvalue weighted by Gasteiger charge is -2.25. The molecule has 0 unspecified atom stereocenters. The second-order valence-electron chi connectivity index (χ2n) is 4.54. The molecule has 19 heavy (non-hydrogen) atoms. The van der Waals surface area contributed by atoms with Crippen molar-refractivity contribution in [1.29, 1.82) is 0 Å². The summed E-state index contributed by atoms with van der Waals surface area (Å²) in [5.41, 5.74) is 3.40. The zero-order valence-electron chi connectivity index (χ0n) is 10.7. The second-order valence-corrected chi connectivity index (χ2v) is 4.54. The van der Waals surface area contributed by atoms with E-state index in [1.54, 1.807) is 12.4 Å². The van der Waals surface area contributed by atoms with Gasteiger partial charge < -0.3 is 15.0 Å². The molecule has 1 aromatic carbocycles. The summed E-state index contributed by atoms with van der Waals surface area (Å²) in [5.74, 6) is 0.885. The average Bonchev–Trinajstić information content (AvgIpc) is 2.94. The molecule has 0 bridgehead atoms. The van der Waals surface area contributed by atoms with E-state index >= 15 is 0 Å². The number of nitrogens with zero attached hydrogens (tertiary/aromatic N) is 1. The third-order valence-electron chi connectivity index (χ3n) is 3.34. The number of para-hydroxylation sites is 1. The molecule has 0 radical (unpaired) electrons. The SMILES string of the molecule is C=CCOc1ccccc1[C@@H]1NCCc2[nH]cnc21. The van der Waals surface area contributed by atoms with Crippen LogP contribution in [-0.4, -0.2) is 23.1 Å². The molecule has 0 fully saturated rings. The Balaban J connectivity index is 1.97. The van der Waals surface area contributed by atoms with E-state index in [0.29, 0.717) is 6.61 Å². The van der Waals surface area contributed by atoms with Crippen LogP contribution in [0.1, 0.15) is 23.0 Å². The van der Waals surface area contributed by atoms with E-state index < -0.39 is 0 Å². The van der Waals surface area contributed by atoms with Crippen LogP contribution in [-0.2, 0) is 6.42 Å². The summed E-state index contributed by atoms with van der Waals surface area (Å²) < 4.78 is 5.74. The van der Waals surface area contributed by atoms with Gasteiger partial charge in [-0.15, -0.1) is 0 Å². The highest BCUT2D eigenvalue weighted by atomic mass is 16.5. The van der Waals surface area contributed by atoms with Crippen LogP contribution in [0.4, 0.5) is 0 Å². The molecular formula is C15H17N3O. The Hall–Kier alpha value is -2.07. The molecule has 0 aliphatic carbocycles. The van der Waals surface area contributed by atoms with Crippen molar-refractivity contribution >= 4 is 0 Å². The minimum absolute atomic E-state index is 0.0935. The molecule has 0 saturated heterocycles. The highest BCUT2D eigenvalue weighted by Gasteiger charge is 2.25. The maximum absolute atomic E-state index is 5.74. The number of benzene rings is 1. The molecule has 1 aliphatic heterocycles. The molecule has 4 heteroatoms. The van der Waals surface area contributed by atoms with Crippen molar-refractivity contribution in [2.75, 3.05) is 13.2 Å². The molecule has 1 aromatic heterocycles. The van der Waals surface area contributed by atoms with E-state index in [9.17, 15) is 0 Å². The summed E-state index contributed by atoms with van der Waals surface area (Å²) in [6.07, 6.45) is 4.50. The second kappa shape index (κ2) is 5.28. The van der Waals surface area contributed by atoms with Crippen molar-refractivity contribution in [2.45, 2.75) is 12.5 Å². The normalized spacial score (nSPS) is 17.8. The van der Waals surface area contributed by atoms with Crippen LogP contribution < -0.4 is 10.1 Å². The van der Waals surface area contributed by atoms with Gasteiger partial charge in [-0.05, 0) is 6.07 Å². The number of hydrogen-bond acceptors (Lipinski definition) is 3. The standard InChI is InChI=1S/C15H17N3O/c1-2-9-19-13-6-4-3-5-11(13)14-15-12(7-8-16-14)17-10-18-15/h2-6,10,14,16H,1,7-9H2,(H,17,18)/t14-/m0/s1. The number of rotatable bonds is 4. The minimum atomic E-state index is 0.0935. The Kier molecular flexibility index (Phi) is 3.33. The molecule has 2 N–H and O–H groups in total. The number of aromatic amines is 1. The van der Waals surface area contributed by atoms with E-state index in [2.05, 4.69) is 27.9 Å². The first-order valence-electron chi connectivity index (χ1n) is 6.48. The zero-order chi connectivity index (χ0) is 13.1. The molecule has 1 atom stereocenters. The minimum Gasteiger partial charge on any atom is -0.489 e. The van der Waals surface area contributed by atoms with Crippen LogP contribution in [0.15, 0.2) is 43.2 Å². The van der Waals surface area contributed by atoms with Gasteiger partial charge in [-0.1, -0.05) is 30.9 Å². The van der Waals surface area contributed by atoms with Gasteiger partial charge in [-0.3, -0.25) is 0 Å². The van der Waals surface area contributed by atoms with Gasteiger partial charge in [-0.2, -0.15) is 0 Å². The van der Waals surface area contributed by atoms with Crippen LogP contribution in [0.5, 0.6) is 5.75 Å². The number of nitrogens with one attached hydrogen (secondary N) is 2. The van der Waals surface area contributed by atoms with Gasteiger partial charge in [-0.25, -0.2) is 4.98 Å². The largest absolute Gasteiger partial charge is 0.489 e. The molecular weight excluding hydrogens is 238 g/mol. The maximum atomic E-state index is 5.74. The third kappa shape index (κ3) is 2.27. The fraction of sp³-hybridized carbons (Fsp3) is 0.267. The molecule has 1 aliphatic rings. The number of H-pyrrole nitrogens is 1. The Morgan fingerprint density at radius 1 is 1.42 bits per heavy atom. The molecule has 2 heterocycles. The summed E-state index contributed by atoms with van der Waals surface area (Å²) in [4.78, 5) is 7.65. The molecule has 0 spiro atoms. The maximum Gasteiger partial charge on any atom is 0.124 e. The van der Waals surface area contributed by atoms with Gasteiger partial charge in [0.25, 0.3) is 0 Å². The summed E-state index contributed by atoms with van der Waals surface area (Å²) in [5, 5.41) is 3.51. The monoisotopic (exact) mass is 255 g/mol. The summed E-state index contributed by atoms with van der Waals surface area (Å²) in [6, 6.07) is 8.17. The third-order valence-corrected chi connectivity index (χ3v) is 3.34. The first kappa shape index (κ1) is 12.0. The lowest BCUT2D eigenvalue weighted by Crippen LogP contribution is -2.31. The number of ether oxygens (including phenoxy) is 1. The summed E-state index contributed by atoms with van der Waals surface area (Å²) in [7, 11) is 0. The number of imidazole rings is 1. The lowest BCUT2D eigenvalue weighted by atomic mass is 9.97. The van der Waals surface area contributed by atoms with Gasteiger partial charge in [0.1, 0.15) is 12.4 Å². The number of hydrogen-bond donors (Lipinski definition) is 2. The van der Waals surface area contributed by atoms with Crippen molar-refractivity contribution in [3.05, 3.63) is 60.2 Å². The Labute approximate surface area is 112 Å². The predicted octanol–water partition coefficient (Wildman–Crippen LogP) is 2.21. The van der Waals surface area contributed by atoms with Gasteiger partial charge in [0.2, 0.25) is 0 Å². The van der Waals surface area contributed by atoms with Crippen molar-refractivity contribution < 1.29 is 4.74 Å². The van der Waals surface area contributed by atoms with Crippen molar-refractivity contribution in [1.82, 2.24) is 15.3 Å². The van der Waals surface area contributed by atoms with Crippen LogP contribution in [0.3, 0.4) is 0 Å². The van der Waals surface area contributed by atoms with Crippen LogP contribution >= 0.6 is 0 Å². The molecule has 0 amide bonds. The summed E-state index contributed by atoms with van der Waals surface area (Å²) in [6.45, 7) is 5.14. The highest BCUT2D eigenvalue weighted by Crippen LogP contribution is 2.32. The predicted molar refractivity (Wildman–Crippen MR) is 74.3 cm³/mol. The van der Waals surface area contributed by atoms with Crippen LogP contribution in [0.25, 0.3) is 0 Å². The fourth-order valence-corrected chi connectivity index (χ4v) is 2.48. The van der Waals surface area contributed by atoms with Crippen molar-refractivity contribution in [3.63, 3.8) is 0 Å². The van der Waals surface area contributed by atoms with Crippen LogP contribution in [0.2, 0.25) is 0 Å².